The van der Waals surface area contributed by atoms with Crippen LogP contribution in [0.15, 0.2) is 134 Å². The lowest BCUT2D eigenvalue weighted by Crippen LogP contribution is -1.68. The number of pyridine rings is 2. The van der Waals surface area contributed by atoms with E-state index in [0.717, 1.165) is 64.6 Å². The smallest absolute Gasteiger partial charge is 0.0444 e. The van der Waals surface area contributed by atoms with Gasteiger partial charge in [-0.1, -0.05) is 97.1 Å². The van der Waals surface area contributed by atoms with Gasteiger partial charge in [-0.15, -0.1) is 0 Å². The molecule has 7 rings (SSSR count). The lowest BCUT2D eigenvalue weighted by atomic mass is 10.2. The Hall–Kier alpha value is -8.34. The van der Waals surface area contributed by atoms with Gasteiger partial charge in [-0.25, -0.2) is 0 Å². The van der Waals surface area contributed by atoms with E-state index in [1.807, 2.05) is 109 Å². The summed E-state index contributed by atoms with van der Waals surface area (Å²) in [5, 5.41) is 9.69. The molecule has 7 aromatic rings. The minimum atomic E-state index is 0.763. The molecule has 0 fully saturated rings. The molecule has 2 nitrogen and oxygen atoms in total. The van der Waals surface area contributed by atoms with Gasteiger partial charge < -0.3 is 0 Å². The van der Waals surface area contributed by atoms with Gasteiger partial charge in [-0.3, -0.25) is 9.97 Å². The van der Waals surface area contributed by atoms with Crippen LogP contribution < -0.4 is 0 Å². The van der Waals surface area contributed by atoms with Crippen LogP contribution in [-0.4, -0.2) is 9.97 Å². The Labute approximate surface area is 304 Å². The van der Waals surface area contributed by atoms with Crippen molar-refractivity contribution < 1.29 is 0 Å². The Morgan fingerprint density at radius 3 is 0.673 bits per heavy atom. The molecule has 0 radical (unpaired) electrons. The fraction of sp³-hybridized carbons (Fsp3) is 0. The molecule has 0 unspecified atom stereocenters. The SMILES string of the molecule is c1c#cc2cccc(c#cc3cncc(c#cc4cccc(c#cc#cc5cccc(c#cc6cncc(c#cc7cccc(c#1)c7)c6)c5)c4)c3)c2. The number of hydrogen-bond acceptors (Lipinski definition) is 2. The van der Waals surface area contributed by atoms with Crippen molar-refractivity contribution in [3.63, 3.8) is 0 Å². The maximum Gasteiger partial charge on any atom is 0.0444 e. The summed E-state index contributed by atoms with van der Waals surface area (Å²) in [6.07, 6.45) is 6.90. The van der Waals surface area contributed by atoms with Gasteiger partial charge in [0.1, 0.15) is 0 Å². The highest BCUT2D eigenvalue weighted by atomic mass is 14.6. The molecule has 0 spiro atoms. The average Bonchev–Trinajstić information content (AvgIpc) is 3.19. The van der Waals surface area contributed by atoms with Crippen LogP contribution in [0.4, 0.5) is 0 Å². The predicted octanol–water partition coefficient (Wildman–Crippen LogP) is 10.4. The van der Waals surface area contributed by atoms with Crippen LogP contribution in [0, 0.1) is 97.1 Å². The predicted molar refractivity (Wildman–Crippen MR) is 205 cm³/mol. The highest BCUT2D eigenvalue weighted by Crippen LogP contribution is 2.07. The highest BCUT2D eigenvalue weighted by molar-refractivity contribution is 5.69. The highest BCUT2D eigenvalue weighted by Gasteiger charge is 1.87. The second kappa shape index (κ2) is 16.2. The maximum absolute atomic E-state index is 4.34. The number of aromatic nitrogens is 2. The Morgan fingerprint density at radius 2 is 0.423 bits per heavy atom. The first-order valence-electron chi connectivity index (χ1n) is 16.1. The summed E-state index contributed by atoms with van der Waals surface area (Å²) >= 11 is 0. The number of rotatable bonds is 0. The molecule has 2 heterocycles. The molecular formula is C50H22N2. The molecule has 0 N–H and O–H groups in total. The van der Waals surface area contributed by atoms with Crippen LogP contribution in [0.1, 0.15) is 0 Å². The summed E-state index contributed by atoms with van der Waals surface area (Å²) < 4.78 is 0. The normalized spacial score (nSPS) is 9.08. The number of benzene rings is 4. The van der Waals surface area contributed by atoms with E-state index in [9.17, 15) is 0 Å². The second-order valence-corrected chi connectivity index (χ2v) is 11.2. The maximum atomic E-state index is 4.34. The van der Waals surface area contributed by atoms with Crippen molar-refractivity contribution in [3.8, 4) is 0 Å². The van der Waals surface area contributed by atoms with E-state index in [0.29, 0.717) is 0 Å². The monoisotopic (exact) mass is 650 g/mol. The number of nitrogens with zero attached hydrogens (tertiary/aromatic N) is 2. The first-order chi connectivity index (χ1) is 25.7. The second-order valence-electron chi connectivity index (χ2n) is 11.2. The minimum Gasteiger partial charge on any atom is -0.262 e. The van der Waals surface area contributed by atoms with Gasteiger partial charge in [-0.05, 0) is 109 Å². The Balaban J connectivity index is 1.33. The first kappa shape index (κ1) is 32.2. The van der Waals surface area contributed by atoms with E-state index < -0.39 is 0 Å². The van der Waals surface area contributed by atoms with Gasteiger partial charge in [0.25, 0.3) is 0 Å². The van der Waals surface area contributed by atoms with Crippen LogP contribution >= 0.6 is 0 Å². The minimum absolute atomic E-state index is 0.763. The lowest BCUT2D eigenvalue weighted by Gasteiger charge is -1.85. The van der Waals surface area contributed by atoms with Crippen LogP contribution in [0.2, 0.25) is 0 Å². The van der Waals surface area contributed by atoms with Crippen LogP contribution in [0.25, 0.3) is 64.6 Å². The molecular weight excluding hydrogens is 629 g/mol. The Morgan fingerprint density at radius 1 is 0.231 bits per heavy atom. The van der Waals surface area contributed by atoms with Gasteiger partial charge >= 0.3 is 0 Å². The molecule has 232 valence electrons. The zero-order valence-corrected chi connectivity index (χ0v) is 27.6. The lowest BCUT2D eigenvalue weighted by molar-refractivity contribution is 1.38. The quantitative estimate of drug-likeness (QED) is 0.163. The summed E-state index contributed by atoms with van der Waals surface area (Å²) in [4.78, 5) is 8.68. The molecule has 0 amide bonds. The van der Waals surface area contributed by atoms with Crippen molar-refractivity contribution in [1.82, 2.24) is 9.97 Å². The molecule has 0 saturated carbocycles. The first-order valence-corrected chi connectivity index (χ1v) is 16.1. The van der Waals surface area contributed by atoms with E-state index in [4.69, 9.17) is 0 Å². The largest absolute Gasteiger partial charge is 0.262 e. The van der Waals surface area contributed by atoms with E-state index in [-0.39, 0.29) is 0 Å². The molecule has 0 saturated heterocycles. The summed E-state index contributed by atoms with van der Waals surface area (Å²) in [6, 6.07) is 84.7. The number of hydrogen-bond donors (Lipinski definition) is 0. The van der Waals surface area contributed by atoms with Crippen molar-refractivity contribution in [2.75, 3.05) is 0 Å². The van der Waals surface area contributed by atoms with Gasteiger partial charge in [-0.2, -0.15) is 0 Å². The van der Waals surface area contributed by atoms with Gasteiger partial charge in [0.2, 0.25) is 0 Å². The van der Waals surface area contributed by atoms with Crippen molar-refractivity contribution in [2.45, 2.75) is 0 Å². The zero-order chi connectivity index (χ0) is 35.2. The molecule has 0 aliphatic carbocycles. The average molecular weight is 651 g/mol. The summed E-state index contributed by atoms with van der Waals surface area (Å²) in [7, 11) is 0. The topological polar surface area (TPSA) is 25.8 Å². The summed E-state index contributed by atoms with van der Waals surface area (Å²) in [5.41, 5.74) is 0. The van der Waals surface area contributed by atoms with Crippen molar-refractivity contribution >= 4 is 64.6 Å². The van der Waals surface area contributed by atoms with Gasteiger partial charge in [0.15, 0.2) is 0 Å². The Bertz CT molecular complexity index is 2390. The summed E-state index contributed by atoms with van der Waals surface area (Å²) in [5.74, 6) is 0. The zero-order valence-electron chi connectivity index (χ0n) is 27.6. The third-order valence-corrected chi connectivity index (χ3v) is 7.28. The molecule has 2 aromatic heterocycles. The third kappa shape index (κ3) is 9.39. The molecule has 0 atom stereocenters. The van der Waals surface area contributed by atoms with Crippen molar-refractivity contribution in [1.29, 1.82) is 0 Å². The van der Waals surface area contributed by atoms with Crippen LogP contribution in [-0.2, 0) is 0 Å². The molecule has 0 aliphatic rings. The Kier molecular flexibility index (Phi) is 10.0. The van der Waals surface area contributed by atoms with E-state index in [1.165, 1.54) is 0 Å². The molecule has 5 aromatic carbocycles. The van der Waals surface area contributed by atoms with Crippen molar-refractivity contribution in [3.05, 3.63) is 231 Å². The van der Waals surface area contributed by atoms with Crippen molar-refractivity contribution in [2.24, 2.45) is 0 Å². The van der Waals surface area contributed by atoms with Gasteiger partial charge in [0, 0.05) is 89.4 Å². The molecule has 12 bridgehead atoms. The van der Waals surface area contributed by atoms with E-state index in [1.54, 1.807) is 24.8 Å². The molecule has 2 heteroatoms. The fourth-order valence-corrected chi connectivity index (χ4v) is 4.84. The van der Waals surface area contributed by atoms with E-state index in [2.05, 4.69) is 107 Å². The van der Waals surface area contributed by atoms with Crippen LogP contribution in [0.3, 0.4) is 0 Å². The van der Waals surface area contributed by atoms with Crippen LogP contribution in [0.5, 0.6) is 0 Å². The molecule has 52 heavy (non-hydrogen) atoms. The third-order valence-electron chi connectivity index (χ3n) is 7.28. The fourth-order valence-electron chi connectivity index (χ4n) is 4.84. The van der Waals surface area contributed by atoms with Gasteiger partial charge in [0.05, 0.1) is 0 Å². The molecule has 0 aliphatic heterocycles. The summed E-state index contributed by atoms with van der Waals surface area (Å²) in [6.45, 7) is 0. The van der Waals surface area contributed by atoms with E-state index >= 15 is 0 Å². The number of fused-ring (bicyclic) bond motifs is 12. The standard InChI is InChI=1S/C50H22N2/c1-2-10-40-14-6-18-44(30-40)22-26-48-34-50(38-52-36-48)28-24-46-20-8-16-42(32-46)12-4-3-11-41-15-7-19-45(31-41)23-27-49-33-47(35-51-37-49)25-21-43-17-5-13-39(9-1)29-43/h5-8,13-20,29-38H.